The van der Waals surface area contributed by atoms with Crippen molar-refractivity contribution in [3.8, 4) is 17.2 Å². The SMILES string of the molecule is CC(Oc1c(Cl)cccc1Cl)C1=NCCN1.CC(Oc1c(Cl)cccc1Cl)C1=NCCN1.CCOC(=O)C(C)Oc1c(Cl)cccc1Cl.Cl. The largest absolute Gasteiger partial charge is 0.480 e. The van der Waals surface area contributed by atoms with Crippen molar-refractivity contribution in [2.24, 2.45) is 9.98 Å². The molecule has 0 spiro atoms. The molecule has 2 aliphatic heterocycles. The second-order valence-corrected chi connectivity index (χ2v) is 12.5. The van der Waals surface area contributed by atoms with E-state index in [0.29, 0.717) is 54.0 Å². The molecule has 3 aromatic rings. The predicted molar refractivity (Wildman–Crippen MR) is 204 cm³/mol. The first-order chi connectivity index (χ1) is 22.9. The highest BCUT2D eigenvalue weighted by Gasteiger charge is 2.20. The number of hydrogen-bond acceptors (Lipinski definition) is 9. The summed E-state index contributed by atoms with van der Waals surface area (Å²) >= 11 is 35.8. The summed E-state index contributed by atoms with van der Waals surface area (Å²) in [6.07, 6.45) is -1.07. The van der Waals surface area contributed by atoms with Crippen molar-refractivity contribution in [2.75, 3.05) is 32.8 Å². The Balaban J connectivity index is 0.000000253. The summed E-state index contributed by atoms with van der Waals surface area (Å²) in [4.78, 5) is 19.9. The Morgan fingerprint density at radius 3 is 1.27 bits per heavy atom. The van der Waals surface area contributed by atoms with Crippen LogP contribution in [0.1, 0.15) is 27.7 Å². The maximum atomic E-state index is 11.3. The van der Waals surface area contributed by atoms with Gasteiger partial charge in [-0.3, -0.25) is 9.98 Å². The lowest BCUT2D eigenvalue weighted by Crippen LogP contribution is -2.33. The first-order valence-electron chi connectivity index (χ1n) is 15.0. The van der Waals surface area contributed by atoms with Crippen molar-refractivity contribution in [1.82, 2.24) is 10.6 Å². The number of carbonyl (C=O) groups is 1. The number of halogens is 7. The van der Waals surface area contributed by atoms with Crippen LogP contribution in [0.2, 0.25) is 30.1 Å². The quantitative estimate of drug-likeness (QED) is 0.197. The van der Waals surface area contributed by atoms with E-state index in [0.717, 1.165) is 37.9 Å². The molecule has 0 aromatic heterocycles. The van der Waals surface area contributed by atoms with Gasteiger partial charge >= 0.3 is 5.97 Å². The average molecular weight is 818 g/mol. The second-order valence-electron chi connectivity index (χ2n) is 10.1. The Morgan fingerprint density at radius 1 is 0.653 bits per heavy atom. The monoisotopic (exact) mass is 814 g/mol. The van der Waals surface area contributed by atoms with E-state index in [4.69, 9.17) is 88.6 Å². The first-order valence-corrected chi connectivity index (χ1v) is 17.2. The highest BCUT2D eigenvalue weighted by molar-refractivity contribution is 6.38. The smallest absolute Gasteiger partial charge is 0.347 e. The second kappa shape index (κ2) is 21.7. The third-order valence-corrected chi connectivity index (χ3v) is 8.22. The Morgan fingerprint density at radius 2 is 0.980 bits per heavy atom. The van der Waals surface area contributed by atoms with Gasteiger partial charge in [-0.25, -0.2) is 4.79 Å². The van der Waals surface area contributed by atoms with Gasteiger partial charge in [0.25, 0.3) is 0 Å². The first kappa shape index (κ1) is 42.7. The molecule has 0 saturated carbocycles. The topological polar surface area (TPSA) is 103 Å². The van der Waals surface area contributed by atoms with Gasteiger partial charge in [0.1, 0.15) is 11.7 Å². The van der Waals surface area contributed by atoms with E-state index < -0.39 is 12.1 Å². The van der Waals surface area contributed by atoms with Crippen LogP contribution in [0.15, 0.2) is 64.6 Å². The zero-order valence-corrected chi connectivity index (χ0v) is 32.4. The fourth-order valence-corrected chi connectivity index (χ4v) is 5.57. The number of ether oxygens (including phenoxy) is 4. The zero-order valence-electron chi connectivity index (χ0n) is 27.1. The van der Waals surface area contributed by atoms with Crippen molar-refractivity contribution in [3.05, 3.63) is 84.7 Å². The number of hydrogen-bond donors (Lipinski definition) is 2. The zero-order chi connectivity index (χ0) is 35.2. The van der Waals surface area contributed by atoms with E-state index in [2.05, 4.69) is 20.6 Å². The lowest BCUT2D eigenvalue weighted by molar-refractivity contribution is -0.150. The molecular weight excluding hydrogens is 781 g/mol. The molecule has 0 bridgehead atoms. The normalized spacial score (nSPS) is 14.7. The van der Waals surface area contributed by atoms with Crippen LogP contribution in [-0.2, 0) is 9.53 Å². The molecule has 0 fully saturated rings. The minimum absolute atomic E-state index is 0. The fraction of sp³-hybridized carbons (Fsp3) is 0.364. The van der Waals surface area contributed by atoms with Gasteiger partial charge < -0.3 is 29.6 Å². The summed E-state index contributed by atoms with van der Waals surface area (Å²) in [6.45, 7) is 10.7. The number of benzene rings is 3. The summed E-state index contributed by atoms with van der Waals surface area (Å²) in [5.74, 6) is 2.56. The van der Waals surface area contributed by atoms with Crippen molar-refractivity contribution < 1.29 is 23.7 Å². The van der Waals surface area contributed by atoms with Gasteiger partial charge in [-0.15, -0.1) is 12.4 Å². The lowest BCUT2D eigenvalue weighted by atomic mass is 10.3. The maximum Gasteiger partial charge on any atom is 0.347 e. The van der Waals surface area contributed by atoms with Crippen molar-refractivity contribution >= 4 is 99.7 Å². The Hall–Kier alpha value is -2.50. The molecule has 5 rings (SSSR count). The van der Waals surface area contributed by atoms with Crippen molar-refractivity contribution in [1.29, 1.82) is 0 Å². The summed E-state index contributed by atoms with van der Waals surface area (Å²) in [7, 11) is 0. The standard InChI is InChI=1S/2C11H12Cl2N2O.C11H12Cl2O3.ClH/c2*1-7(11-14-5-6-15-11)16-10-8(12)3-2-4-9(10)13;1-3-15-11(14)7(2)16-10-8(12)5-4-6-9(10)13;/h2*2-4,7H,5-6H2,1H3,(H,14,15);4-7H,3H2,1-2H3;1H. The van der Waals surface area contributed by atoms with Crippen LogP contribution in [0, 0.1) is 0 Å². The minimum atomic E-state index is -0.739. The molecule has 9 nitrogen and oxygen atoms in total. The van der Waals surface area contributed by atoms with Crippen LogP contribution in [0.3, 0.4) is 0 Å². The van der Waals surface area contributed by atoms with Gasteiger partial charge in [-0.2, -0.15) is 0 Å². The molecule has 16 heteroatoms. The summed E-state index contributed by atoms with van der Waals surface area (Å²) in [6, 6.07) is 15.5. The van der Waals surface area contributed by atoms with Crippen LogP contribution >= 0.6 is 82.0 Å². The minimum Gasteiger partial charge on any atom is -0.480 e. The Labute approximate surface area is 322 Å². The summed E-state index contributed by atoms with van der Waals surface area (Å²) in [5, 5.41) is 9.09. The van der Waals surface area contributed by atoms with E-state index >= 15 is 0 Å². The van der Waals surface area contributed by atoms with Crippen LogP contribution < -0.4 is 24.8 Å². The number of nitrogens with zero attached hydrogens (tertiary/aromatic N) is 2. The third kappa shape index (κ3) is 13.3. The summed E-state index contributed by atoms with van der Waals surface area (Å²) < 4.78 is 21.6. The molecule has 49 heavy (non-hydrogen) atoms. The molecular formula is C33H37Cl7N4O5. The van der Waals surface area contributed by atoms with Crippen molar-refractivity contribution in [3.63, 3.8) is 0 Å². The molecule has 0 saturated heterocycles. The van der Waals surface area contributed by atoms with E-state index in [1.807, 2.05) is 13.8 Å². The lowest BCUT2D eigenvalue weighted by Gasteiger charge is -2.16. The van der Waals surface area contributed by atoms with Gasteiger partial charge in [0.2, 0.25) is 0 Å². The molecule has 0 aliphatic carbocycles. The molecule has 2 heterocycles. The van der Waals surface area contributed by atoms with E-state index in [-0.39, 0.29) is 24.6 Å². The van der Waals surface area contributed by atoms with Crippen molar-refractivity contribution in [2.45, 2.75) is 46.0 Å². The van der Waals surface area contributed by atoms with E-state index in [9.17, 15) is 4.79 Å². The molecule has 3 atom stereocenters. The number of aliphatic imine (C=N–C) groups is 2. The van der Waals surface area contributed by atoms with Gasteiger partial charge in [-0.1, -0.05) is 87.8 Å². The average Bonchev–Trinajstić information content (AvgIpc) is 3.79. The van der Waals surface area contributed by atoms with Gasteiger partial charge in [0.15, 0.2) is 35.6 Å². The van der Waals surface area contributed by atoms with Crippen LogP contribution in [0.4, 0.5) is 0 Å². The number of rotatable bonds is 10. The highest BCUT2D eigenvalue weighted by Crippen LogP contribution is 2.35. The number of esters is 1. The fourth-order valence-electron chi connectivity index (χ4n) is 4.11. The van der Waals surface area contributed by atoms with Crippen LogP contribution in [0.25, 0.3) is 0 Å². The summed E-state index contributed by atoms with van der Waals surface area (Å²) in [5.41, 5.74) is 0. The number of nitrogens with one attached hydrogen (secondary N) is 2. The van der Waals surface area contributed by atoms with Crippen LogP contribution in [-0.4, -0.2) is 68.7 Å². The maximum absolute atomic E-state index is 11.3. The molecule has 2 N–H and O–H groups in total. The van der Waals surface area contributed by atoms with E-state index in [1.165, 1.54) is 0 Å². The van der Waals surface area contributed by atoms with Gasteiger partial charge in [0, 0.05) is 13.1 Å². The van der Waals surface area contributed by atoms with Gasteiger partial charge in [-0.05, 0) is 64.1 Å². The van der Waals surface area contributed by atoms with Crippen LogP contribution in [0.5, 0.6) is 17.2 Å². The molecule has 0 amide bonds. The molecule has 0 radical (unpaired) electrons. The molecule has 3 unspecified atom stereocenters. The Bertz CT molecular complexity index is 1450. The van der Waals surface area contributed by atoms with Gasteiger partial charge in [0.05, 0.1) is 49.8 Å². The molecule has 3 aromatic carbocycles. The molecule has 268 valence electrons. The number of carbonyl (C=O) groups excluding carboxylic acids is 1. The number of amidine groups is 2. The molecule has 2 aliphatic rings. The third-order valence-electron chi connectivity index (χ3n) is 6.43. The van der Waals surface area contributed by atoms with E-state index in [1.54, 1.807) is 68.4 Å². The highest BCUT2D eigenvalue weighted by atomic mass is 35.5. The predicted octanol–water partition coefficient (Wildman–Crippen LogP) is 9.27. The number of para-hydroxylation sites is 3. The Kier molecular flexibility index (Phi) is 18.9.